The van der Waals surface area contributed by atoms with E-state index >= 15 is 0 Å². The molecule has 1 fully saturated rings. The van der Waals surface area contributed by atoms with E-state index in [9.17, 15) is 22.8 Å². The molecule has 2 N–H and O–H groups in total. The lowest BCUT2D eigenvalue weighted by atomic mass is 10.00. The van der Waals surface area contributed by atoms with Gasteiger partial charge >= 0.3 is 12.1 Å². The van der Waals surface area contributed by atoms with Gasteiger partial charge in [0.15, 0.2) is 0 Å². The van der Waals surface area contributed by atoms with Crippen LogP contribution in [0.5, 0.6) is 5.75 Å². The third-order valence-corrected chi connectivity index (χ3v) is 6.45. The number of benzene rings is 2. The zero-order chi connectivity index (χ0) is 26.2. The van der Waals surface area contributed by atoms with Gasteiger partial charge in [0.2, 0.25) is 5.28 Å². The smallest absolute Gasteiger partial charge is 0.418 e. The van der Waals surface area contributed by atoms with E-state index in [1.165, 1.54) is 12.1 Å². The highest BCUT2D eigenvalue weighted by Crippen LogP contribution is 2.49. The Labute approximate surface area is 209 Å². The molecule has 2 aromatic carbocycles. The summed E-state index contributed by atoms with van der Waals surface area (Å²) < 4.78 is 48.4. The standard InChI is InChI=1S/C25H23ClF3N3O4/c1-13-9-16(36-8-7-32-6-5-30-24(32)26)10-14(2)21(13)22(33)31-20-11-15(17-12-18(17)23(34)35)3-4-19(20)25(27,28)29/h3-6,9-11,17-18H,7-8,12H2,1-2H3,(H,31,33)(H,34,35)/t17-,18-/m1/s1. The number of amides is 1. The summed E-state index contributed by atoms with van der Waals surface area (Å²) in [5, 5.41) is 11.9. The first kappa shape index (κ1) is 25.6. The number of halogens is 4. The van der Waals surface area contributed by atoms with Crippen molar-refractivity contribution in [1.29, 1.82) is 0 Å². The summed E-state index contributed by atoms with van der Waals surface area (Å²) in [6.07, 6.45) is -1.07. The van der Waals surface area contributed by atoms with Gasteiger partial charge in [-0.25, -0.2) is 4.98 Å². The number of alkyl halides is 3. The Balaban J connectivity index is 1.53. The molecule has 0 radical (unpaired) electrons. The number of rotatable bonds is 8. The van der Waals surface area contributed by atoms with Crippen LogP contribution in [0.3, 0.4) is 0 Å². The number of aliphatic carboxylic acids is 1. The van der Waals surface area contributed by atoms with Crippen molar-refractivity contribution in [3.63, 3.8) is 0 Å². The fourth-order valence-electron chi connectivity index (χ4n) is 4.27. The predicted molar refractivity (Wildman–Crippen MR) is 127 cm³/mol. The fourth-order valence-corrected chi connectivity index (χ4v) is 4.47. The van der Waals surface area contributed by atoms with Crippen molar-refractivity contribution in [3.05, 3.63) is 75.8 Å². The zero-order valence-corrected chi connectivity index (χ0v) is 20.2. The number of hydrogen-bond acceptors (Lipinski definition) is 4. The van der Waals surface area contributed by atoms with Crippen LogP contribution in [0, 0.1) is 19.8 Å². The number of carboxylic acids is 1. The summed E-state index contributed by atoms with van der Waals surface area (Å²) >= 11 is 5.94. The second-order valence-corrected chi connectivity index (χ2v) is 9.05. The minimum Gasteiger partial charge on any atom is -0.492 e. The highest BCUT2D eigenvalue weighted by molar-refractivity contribution is 6.28. The fraction of sp³-hybridized carbons (Fsp3) is 0.320. The van der Waals surface area contributed by atoms with Gasteiger partial charge in [-0.05, 0) is 78.7 Å². The number of hydrogen-bond donors (Lipinski definition) is 2. The molecule has 11 heteroatoms. The Morgan fingerprint density at radius 1 is 1.22 bits per heavy atom. The van der Waals surface area contributed by atoms with E-state index in [4.69, 9.17) is 21.4 Å². The van der Waals surface area contributed by atoms with Crippen LogP contribution in [0.15, 0.2) is 42.7 Å². The third-order valence-electron chi connectivity index (χ3n) is 6.13. The SMILES string of the molecule is Cc1cc(OCCn2ccnc2Cl)cc(C)c1C(=O)Nc1cc([C@H]2C[C@H]2C(=O)O)ccc1C(F)(F)F. The normalized spacial score (nSPS) is 17.1. The monoisotopic (exact) mass is 521 g/mol. The molecule has 0 aliphatic heterocycles. The number of anilines is 1. The summed E-state index contributed by atoms with van der Waals surface area (Å²) in [6.45, 7) is 4.09. The molecule has 1 amide bonds. The van der Waals surface area contributed by atoms with E-state index in [2.05, 4.69) is 10.3 Å². The molecule has 0 bridgehead atoms. The maximum absolute atomic E-state index is 13.6. The number of nitrogens with one attached hydrogen (secondary N) is 1. The Bertz CT molecular complexity index is 1300. The molecule has 1 aromatic heterocycles. The van der Waals surface area contributed by atoms with Gasteiger partial charge in [-0.1, -0.05) is 6.07 Å². The molecule has 7 nitrogen and oxygen atoms in total. The molecule has 3 aromatic rings. The van der Waals surface area contributed by atoms with Crippen LogP contribution in [0.1, 0.15) is 45.0 Å². The average molecular weight is 522 g/mol. The molecule has 1 saturated carbocycles. The van der Waals surface area contributed by atoms with Crippen molar-refractivity contribution < 1.29 is 32.6 Å². The number of carbonyl (C=O) groups is 2. The van der Waals surface area contributed by atoms with Crippen LogP contribution in [0.4, 0.5) is 18.9 Å². The first-order chi connectivity index (χ1) is 17.0. The summed E-state index contributed by atoms with van der Waals surface area (Å²) in [5.74, 6) is -2.20. The Kier molecular flexibility index (Phi) is 6.99. The maximum atomic E-state index is 13.6. The van der Waals surface area contributed by atoms with Gasteiger partial charge in [-0.15, -0.1) is 0 Å². The molecule has 2 atom stereocenters. The third kappa shape index (κ3) is 5.48. The number of aryl methyl sites for hydroxylation is 2. The van der Waals surface area contributed by atoms with Gasteiger partial charge < -0.3 is 19.7 Å². The summed E-state index contributed by atoms with van der Waals surface area (Å²) in [6, 6.07) is 6.65. The quantitative estimate of drug-likeness (QED) is 0.397. The Hall–Kier alpha value is -3.53. The zero-order valence-electron chi connectivity index (χ0n) is 19.4. The second-order valence-electron chi connectivity index (χ2n) is 8.71. The van der Waals surface area contributed by atoms with Crippen LogP contribution in [-0.4, -0.2) is 33.1 Å². The summed E-state index contributed by atoms with van der Waals surface area (Å²) in [7, 11) is 0. The first-order valence-corrected chi connectivity index (χ1v) is 11.5. The molecule has 0 spiro atoms. The van der Waals surface area contributed by atoms with Gasteiger partial charge in [-0.3, -0.25) is 9.59 Å². The predicted octanol–water partition coefficient (Wildman–Crippen LogP) is 5.69. The molecule has 0 saturated heterocycles. The van der Waals surface area contributed by atoms with E-state index in [0.29, 0.717) is 47.3 Å². The van der Waals surface area contributed by atoms with E-state index in [-0.39, 0.29) is 11.5 Å². The molecule has 0 unspecified atom stereocenters. The van der Waals surface area contributed by atoms with E-state index in [0.717, 1.165) is 6.07 Å². The Morgan fingerprint density at radius 2 is 1.92 bits per heavy atom. The minimum atomic E-state index is -4.70. The molecular weight excluding hydrogens is 499 g/mol. The lowest BCUT2D eigenvalue weighted by Gasteiger charge is -2.17. The van der Waals surface area contributed by atoms with Crippen LogP contribution < -0.4 is 10.1 Å². The summed E-state index contributed by atoms with van der Waals surface area (Å²) in [5.41, 5.74) is 0.328. The van der Waals surface area contributed by atoms with Crippen molar-refractivity contribution in [1.82, 2.24) is 9.55 Å². The van der Waals surface area contributed by atoms with Crippen molar-refractivity contribution in [3.8, 4) is 5.75 Å². The summed E-state index contributed by atoms with van der Waals surface area (Å²) in [4.78, 5) is 28.2. The lowest BCUT2D eigenvalue weighted by Crippen LogP contribution is -2.19. The molecule has 1 heterocycles. The van der Waals surface area contributed by atoms with E-state index < -0.39 is 35.2 Å². The van der Waals surface area contributed by atoms with Gasteiger partial charge in [0, 0.05) is 18.0 Å². The van der Waals surface area contributed by atoms with E-state index in [1.54, 1.807) is 42.9 Å². The second kappa shape index (κ2) is 9.85. The molecule has 190 valence electrons. The number of aromatic nitrogens is 2. The van der Waals surface area contributed by atoms with Crippen molar-refractivity contribution in [2.24, 2.45) is 5.92 Å². The molecule has 36 heavy (non-hydrogen) atoms. The van der Waals surface area contributed by atoms with Crippen LogP contribution >= 0.6 is 11.6 Å². The molecule has 1 aliphatic rings. The number of nitrogens with zero attached hydrogens (tertiary/aromatic N) is 2. The topological polar surface area (TPSA) is 93.5 Å². The van der Waals surface area contributed by atoms with Gasteiger partial charge in [0.05, 0.1) is 23.7 Å². The van der Waals surface area contributed by atoms with Crippen LogP contribution in [0.25, 0.3) is 0 Å². The van der Waals surface area contributed by atoms with Crippen LogP contribution in [0.2, 0.25) is 5.28 Å². The lowest BCUT2D eigenvalue weighted by molar-refractivity contribution is -0.139. The van der Waals surface area contributed by atoms with Gasteiger partial charge in [0.25, 0.3) is 5.91 Å². The highest BCUT2D eigenvalue weighted by atomic mass is 35.5. The number of carbonyl (C=O) groups excluding carboxylic acids is 1. The number of ether oxygens (including phenoxy) is 1. The van der Waals surface area contributed by atoms with Gasteiger partial charge in [0.1, 0.15) is 12.4 Å². The van der Waals surface area contributed by atoms with Crippen LogP contribution in [-0.2, 0) is 17.5 Å². The van der Waals surface area contributed by atoms with Crippen molar-refractivity contribution >= 4 is 29.2 Å². The molecule has 4 rings (SSSR count). The Morgan fingerprint density at radius 3 is 2.47 bits per heavy atom. The number of imidazole rings is 1. The largest absolute Gasteiger partial charge is 0.492 e. The molecule has 1 aliphatic carbocycles. The van der Waals surface area contributed by atoms with E-state index in [1.807, 2.05) is 0 Å². The minimum absolute atomic E-state index is 0.230. The maximum Gasteiger partial charge on any atom is 0.418 e. The van der Waals surface area contributed by atoms with Crippen molar-refractivity contribution in [2.45, 2.75) is 38.9 Å². The highest BCUT2D eigenvalue weighted by Gasteiger charge is 2.45. The van der Waals surface area contributed by atoms with Gasteiger partial charge in [-0.2, -0.15) is 13.2 Å². The number of carboxylic acid groups (broad SMARTS) is 1. The average Bonchev–Trinajstić information content (AvgIpc) is 3.49. The first-order valence-electron chi connectivity index (χ1n) is 11.1. The molecular formula is C25H23ClF3N3O4. The van der Waals surface area contributed by atoms with Crippen molar-refractivity contribution in [2.75, 3.05) is 11.9 Å².